The van der Waals surface area contributed by atoms with Gasteiger partial charge in [0.15, 0.2) is 0 Å². The van der Waals surface area contributed by atoms with Gasteiger partial charge in [0.2, 0.25) is 0 Å². The number of pyridine rings is 1. The van der Waals surface area contributed by atoms with E-state index in [1.807, 2.05) is 0 Å². The molecule has 110 valence electrons. The minimum atomic E-state index is -4.45. The summed E-state index contributed by atoms with van der Waals surface area (Å²) in [6.45, 7) is 2.48. The Morgan fingerprint density at radius 3 is 2.90 bits per heavy atom. The van der Waals surface area contributed by atoms with Crippen LogP contribution >= 0.6 is 11.8 Å². The first kappa shape index (κ1) is 15.1. The summed E-state index contributed by atoms with van der Waals surface area (Å²) in [6.07, 6.45) is 2.04. The average molecular weight is 305 g/mol. The van der Waals surface area contributed by atoms with Gasteiger partial charge < -0.3 is 10.2 Å². The number of nitrogens with zero attached hydrogens (tertiary/aromatic N) is 2. The molecule has 8 heteroatoms. The molecule has 1 fully saturated rings. The van der Waals surface area contributed by atoms with E-state index < -0.39 is 11.4 Å². The lowest BCUT2D eigenvalue weighted by molar-refractivity contribution is -0.0329. The van der Waals surface area contributed by atoms with E-state index in [4.69, 9.17) is 0 Å². The molecule has 0 atom stereocenters. The fraction of sp³-hybridized carbons (Fsp3) is 0.500. The van der Waals surface area contributed by atoms with Crippen LogP contribution in [-0.2, 0) is 0 Å². The molecule has 20 heavy (non-hydrogen) atoms. The number of amides is 1. The first-order valence-corrected chi connectivity index (χ1v) is 7.00. The Hall–Kier alpha value is -1.28. The lowest BCUT2D eigenvalue weighted by atomic mass is 10.2. The lowest BCUT2D eigenvalue weighted by Crippen LogP contribution is -2.34. The quantitative estimate of drug-likeness (QED) is 0.850. The first-order valence-electron chi connectivity index (χ1n) is 6.18. The SMILES string of the molecule is O=C(c1cccnc1SC(F)(F)F)N1CCCNCC1. The van der Waals surface area contributed by atoms with Gasteiger partial charge in [-0.05, 0) is 25.1 Å². The maximum Gasteiger partial charge on any atom is 0.447 e. The van der Waals surface area contributed by atoms with Crippen LogP contribution in [0.5, 0.6) is 0 Å². The Bertz CT molecular complexity index is 473. The smallest absolute Gasteiger partial charge is 0.337 e. The lowest BCUT2D eigenvalue weighted by Gasteiger charge is -2.21. The Labute approximate surface area is 118 Å². The summed E-state index contributed by atoms with van der Waals surface area (Å²) in [5.74, 6) is -0.395. The predicted molar refractivity (Wildman–Crippen MR) is 69.5 cm³/mol. The van der Waals surface area contributed by atoms with E-state index in [0.717, 1.165) is 13.0 Å². The van der Waals surface area contributed by atoms with E-state index in [1.165, 1.54) is 18.3 Å². The molecule has 2 rings (SSSR count). The summed E-state index contributed by atoms with van der Waals surface area (Å²) in [6, 6.07) is 2.87. The van der Waals surface area contributed by atoms with Crippen LogP contribution in [0.15, 0.2) is 23.4 Å². The number of nitrogens with one attached hydrogen (secondary N) is 1. The van der Waals surface area contributed by atoms with Crippen LogP contribution in [0.4, 0.5) is 13.2 Å². The summed E-state index contributed by atoms with van der Waals surface area (Å²) in [7, 11) is 0. The number of carbonyl (C=O) groups is 1. The zero-order valence-corrected chi connectivity index (χ0v) is 11.4. The fourth-order valence-corrected chi connectivity index (χ4v) is 2.56. The molecule has 0 radical (unpaired) electrons. The van der Waals surface area contributed by atoms with Gasteiger partial charge >= 0.3 is 5.51 Å². The summed E-state index contributed by atoms with van der Waals surface area (Å²) in [4.78, 5) is 17.6. The predicted octanol–water partition coefficient (Wildman–Crippen LogP) is 2.13. The highest BCUT2D eigenvalue weighted by Gasteiger charge is 2.33. The van der Waals surface area contributed by atoms with Crippen molar-refractivity contribution >= 4 is 17.7 Å². The van der Waals surface area contributed by atoms with Crippen molar-refractivity contribution in [1.29, 1.82) is 0 Å². The summed E-state index contributed by atoms with van der Waals surface area (Å²) in [5.41, 5.74) is -4.44. The fourth-order valence-electron chi connectivity index (χ4n) is 1.96. The zero-order chi connectivity index (χ0) is 14.6. The number of hydrogen-bond acceptors (Lipinski definition) is 4. The first-order chi connectivity index (χ1) is 9.47. The molecular formula is C12H14F3N3OS. The van der Waals surface area contributed by atoms with E-state index in [0.29, 0.717) is 19.6 Å². The van der Waals surface area contributed by atoms with Crippen molar-refractivity contribution in [3.63, 3.8) is 0 Å². The number of thioether (sulfide) groups is 1. The Morgan fingerprint density at radius 2 is 2.15 bits per heavy atom. The molecule has 0 aromatic carbocycles. The standard InChI is InChI=1S/C12H14F3N3OS/c13-12(14,15)20-10-9(3-1-5-17-10)11(19)18-7-2-4-16-6-8-18/h1,3,5,16H,2,4,6-8H2. The van der Waals surface area contributed by atoms with Gasteiger partial charge in [0, 0.05) is 37.6 Å². The van der Waals surface area contributed by atoms with Crippen LogP contribution in [0.3, 0.4) is 0 Å². The van der Waals surface area contributed by atoms with Crippen LogP contribution in [0.2, 0.25) is 0 Å². The Kier molecular flexibility index (Phi) is 4.87. The molecular weight excluding hydrogens is 291 g/mol. The number of carbonyl (C=O) groups excluding carboxylic acids is 1. The molecule has 1 aliphatic heterocycles. The van der Waals surface area contributed by atoms with Gasteiger partial charge in [0.05, 0.1) is 5.56 Å². The van der Waals surface area contributed by atoms with Crippen molar-refractivity contribution in [2.45, 2.75) is 17.0 Å². The molecule has 0 saturated carbocycles. The van der Waals surface area contributed by atoms with Crippen LogP contribution < -0.4 is 5.32 Å². The van der Waals surface area contributed by atoms with Crippen LogP contribution in [-0.4, -0.2) is 47.5 Å². The average Bonchev–Trinajstić information content (AvgIpc) is 2.65. The summed E-state index contributed by atoms with van der Waals surface area (Å²) < 4.78 is 37.4. The largest absolute Gasteiger partial charge is 0.447 e. The maximum atomic E-state index is 12.5. The number of hydrogen-bond donors (Lipinski definition) is 1. The second-order valence-corrected chi connectivity index (χ2v) is 5.35. The molecule has 0 bridgehead atoms. The maximum absolute atomic E-state index is 12.5. The van der Waals surface area contributed by atoms with Gasteiger partial charge in [-0.25, -0.2) is 4.98 Å². The molecule has 1 amide bonds. The third-order valence-electron chi connectivity index (χ3n) is 2.84. The third kappa shape index (κ3) is 4.11. The van der Waals surface area contributed by atoms with Crippen molar-refractivity contribution in [2.75, 3.05) is 26.2 Å². The minimum Gasteiger partial charge on any atom is -0.337 e. The number of rotatable bonds is 2. The Balaban J connectivity index is 2.20. The van der Waals surface area contributed by atoms with Gasteiger partial charge in [0.25, 0.3) is 5.91 Å². The van der Waals surface area contributed by atoms with Crippen molar-refractivity contribution in [3.05, 3.63) is 23.9 Å². The normalized spacial score (nSPS) is 16.9. The van der Waals surface area contributed by atoms with Crippen LogP contribution in [0, 0.1) is 0 Å². The van der Waals surface area contributed by atoms with Crippen molar-refractivity contribution < 1.29 is 18.0 Å². The molecule has 1 N–H and O–H groups in total. The van der Waals surface area contributed by atoms with Gasteiger partial charge in [-0.15, -0.1) is 0 Å². The second kappa shape index (κ2) is 6.45. The highest BCUT2D eigenvalue weighted by Crippen LogP contribution is 2.37. The van der Waals surface area contributed by atoms with Gasteiger partial charge in [-0.2, -0.15) is 13.2 Å². The van der Waals surface area contributed by atoms with Crippen molar-refractivity contribution in [3.8, 4) is 0 Å². The van der Waals surface area contributed by atoms with Gasteiger partial charge in [-0.3, -0.25) is 4.79 Å². The molecule has 1 aromatic rings. The summed E-state index contributed by atoms with van der Waals surface area (Å²) in [5, 5.41) is 2.85. The number of halogens is 3. The minimum absolute atomic E-state index is 0.0109. The number of alkyl halides is 3. The molecule has 1 saturated heterocycles. The zero-order valence-electron chi connectivity index (χ0n) is 10.6. The summed E-state index contributed by atoms with van der Waals surface area (Å²) >= 11 is -0.349. The van der Waals surface area contributed by atoms with Gasteiger partial charge in [-0.1, -0.05) is 0 Å². The third-order valence-corrected chi connectivity index (χ3v) is 3.59. The number of aromatic nitrogens is 1. The van der Waals surface area contributed by atoms with Crippen LogP contribution in [0.25, 0.3) is 0 Å². The Morgan fingerprint density at radius 1 is 1.35 bits per heavy atom. The van der Waals surface area contributed by atoms with Crippen molar-refractivity contribution in [2.24, 2.45) is 0 Å². The van der Waals surface area contributed by atoms with E-state index >= 15 is 0 Å². The van der Waals surface area contributed by atoms with E-state index in [2.05, 4.69) is 10.3 Å². The molecule has 0 spiro atoms. The van der Waals surface area contributed by atoms with Crippen LogP contribution in [0.1, 0.15) is 16.8 Å². The highest BCUT2D eigenvalue weighted by atomic mass is 32.2. The molecule has 0 aliphatic carbocycles. The van der Waals surface area contributed by atoms with Gasteiger partial charge in [0.1, 0.15) is 5.03 Å². The topological polar surface area (TPSA) is 45.2 Å². The molecule has 4 nitrogen and oxygen atoms in total. The van der Waals surface area contributed by atoms with E-state index in [9.17, 15) is 18.0 Å². The second-order valence-electron chi connectivity index (χ2n) is 4.30. The van der Waals surface area contributed by atoms with E-state index in [1.54, 1.807) is 4.90 Å². The van der Waals surface area contributed by atoms with Crippen molar-refractivity contribution in [1.82, 2.24) is 15.2 Å². The molecule has 1 aromatic heterocycles. The monoisotopic (exact) mass is 305 g/mol. The highest BCUT2D eigenvalue weighted by molar-refractivity contribution is 8.00. The molecule has 0 unspecified atom stereocenters. The molecule has 1 aliphatic rings. The van der Waals surface area contributed by atoms with E-state index in [-0.39, 0.29) is 22.4 Å². The molecule has 2 heterocycles.